The molecule has 3 aromatic rings. The highest BCUT2D eigenvalue weighted by molar-refractivity contribution is 7.17. The minimum atomic E-state index is 0.821. The van der Waals surface area contributed by atoms with Crippen LogP contribution in [0.2, 0.25) is 0 Å². The Hall–Kier alpha value is -2.05. The Labute approximate surface area is 152 Å². The van der Waals surface area contributed by atoms with E-state index in [1.54, 1.807) is 11.3 Å². The molecule has 0 bridgehead atoms. The molecule has 0 saturated heterocycles. The van der Waals surface area contributed by atoms with E-state index in [0.717, 1.165) is 40.9 Å². The molecule has 0 saturated carbocycles. The maximum Gasteiger partial charge on any atom is 0.235 e. The summed E-state index contributed by atoms with van der Waals surface area (Å²) in [5.74, 6) is 0.821. The van der Waals surface area contributed by atoms with Gasteiger partial charge in [-0.05, 0) is 37.9 Å². The Kier molecular flexibility index (Phi) is 4.63. The van der Waals surface area contributed by atoms with E-state index in [1.807, 2.05) is 10.6 Å². The molecular weight excluding hydrogens is 330 g/mol. The number of unbranched alkanes of at least 4 members (excludes halogenated alkanes) is 1. The molecular formula is C19H23N5S. The van der Waals surface area contributed by atoms with E-state index < -0.39 is 0 Å². The van der Waals surface area contributed by atoms with Crippen molar-refractivity contribution in [1.29, 1.82) is 0 Å². The molecule has 0 spiro atoms. The maximum absolute atomic E-state index is 4.81. The lowest BCUT2D eigenvalue weighted by atomic mass is 10.1. The molecule has 1 aliphatic heterocycles. The average Bonchev–Trinajstić information content (AvgIpc) is 3.21. The highest BCUT2D eigenvalue weighted by atomic mass is 32.1. The zero-order valence-corrected chi connectivity index (χ0v) is 15.6. The van der Waals surface area contributed by atoms with Crippen LogP contribution in [0.15, 0.2) is 30.3 Å². The van der Waals surface area contributed by atoms with E-state index in [0.29, 0.717) is 0 Å². The van der Waals surface area contributed by atoms with Crippen LogP contribution in [0.3, 0.4) is 0 Å². The molecule has 0 amide bonds. The van der Waals surface area contributed by atoms with Gasteiger partial charge in [-0.1, -0.05) is 54.5 Å². The molecule has 130 valence electrons. The molecule has 0 unspecified atom stereocenters. The second-order valence-electron chi connectivity index (χ2n) is 6.63. The van der Waals surface area contributed by atoms with Crippen LogP contribution in [0, 0.1) is 6.92 Å². The number of aryl methyl sites for hydroxylation is 1. The molecule has 6 heteroatoms. The van der Waals surface area contributed by atoms with Crippen molar-refractivity contribution in [3.63, 3.8) is 0 Å². The van der Waals surface area contributed by atoms with Crippen molar-refractivity contribution < 1.29 is 0 Å². The Morgan fingerprint density at radius 3 is 2.92 bits per heavy atom. The maximum atomic E-state index is 4.81. The first-order valence-corrected chi connectivity index (χ1v) is 9.77. The highest BCUT2D eigenvalue weighted by Gasteiger charge is 2.18. The second-order valence-corrected chi connectivity index (χ2v) is 7.58. The van der Waals surface area contributed by atoms with Crippen LogP contribution in [-0.2, 0) is 0 Å². The standard InChI is InChI=1S/C19H23N5S/c1-3-4-10-23-11-8-15(9-12-23)18-22-24-17(20-21-19(24)25-18)16-7-5-6-14(2)13-16/h5-8,13H,3-4,9-12H2,1-2H3. The summed E-state index contributed by atoms with van der Waals surface area (Å²) in [5, 5.41) is 14.5. The molecule has 0 radical (unpaired) electrons. The molecule has 5 nitrogen and oxygen atoms in total. The zero-order chi connectivity index (χ0) is 17.2. The molecule has 1 aromatic carbocycles. The van der Waals surface area contributed by atoms with Gasteiger partial charge in [0.15, 0.2) is 5.82 Å². The third-order valence-corrected chi connectivity index (χ3v) is 5.64. The Balaban J connectivity index is 1.60. The smallest absolute Gasteiger partial charge is 0.235 e. The number of aromatic nitrogens is 4. The lowest BCUT2D eigenvalue weighted by Crippen LogP contribution is -2.29. The summed E-state index contributed by atoms with van der Waals surface area (Å²) in [4.78, 5) is 3.38. The summed E-state index contributed by atoms with van der Waals surface area (Å²) < 4.78 is 1.89. The normalized spacial score (nSPS) is 15.7. The topological polar surface area (TPSA) is 46.3 Å². The first kappa shape index (κ1) is 16.4. The SMILES string of the molecule is CCCCN1CC=C(c2nn3c(-c4cccc(C)c4)nnc3s2)CC1. The molecule has 2 aromatic heterocycles. The van der Waals surface area contributed by atoms with Crippen LogP contribution in [0.4, 0.5) is 0 Å². The van der Waals surface area contributed by atoms with E-state index >= 15 is 0 Å². The summed E-state index contributed by atoms with van der Waals surface area (Å²) in [5.41, 5.74) is 3.62. The predicted octanol–water partition coefficient (Wildman–Crippen LogP) is 4.05. The number of hydrogen-bond donors (Lipinski definition) is 0. The Morgan fingerprint density at radius 1 is 1.24 bits per heavy atom. The number of benzene rings is 1. The van der Waals surface area contributed by atoms with Crippen molar-refractivity contribution in [2.75, 3.05) is 19.6 Å². The van der Waals surface area contributed by atoms with Crippen molar-refractivity contribution in [3.8, 4) is 11.4 Å². The van der Waals surface area contributed by atoms with Gasteiger partial charge in [-0.2, -0.15) is 9.61 Å². The van der Waals surface area contributed by atoms with Gasteiger partial charge < -0.3 is 0 Å². The van der Waals surface area contributed by atoms with Gasteiger partial charge in [0.2, 0.25) is 4.96 Å². The number of rotatable bonds is 5. The van der Waals surface area contributed by atoms with Gasteiger partial charge in [0.1, 0.15) is 5.01 Å². The van der Waals surface area contributed by atoms with Crippen LogP contribution >= 0.6 is 11.3 Å². The molecule has 25 heavy (non-hydrogen) atoms. The van der Waals surface area contributed by atoms with E-state index in [-0.39, 0.29) is 0 Å². The first-order valence-electron chi connectivity index (χ1n) is 8.95. The van der Waals surface area contributed by atoms with Crippen LogP contribution in [0.1, 0.15) is 36.8 Å². The van der Waals surface area contributed by atoms with Crippen molar-refractivity contribution in [2.24, 2.45) is 0 Å². The largest absolute Gasteiger partial charge is 0.299 e. The fourth-order valence-corrected chi connectivity index (χ4v) is 4.11. The van der Waals surface area contributed by atoms with Crippen LogP contribution in [0.25, 0.3) is 21.9 Å². The van der Waals surface area contributed by atoms with Gasteiger partial charge in [0.05, 0.1) is 0 Å². The fourth-order valence-electron chi connectivity index (χ4n) is 3.20. The van der Waals surface area contributed by atoms with Gasteiger partial charge >= 0.3 is 0 Å². The molecule has 0 atom stereocenters. The molecule has 0 aliphatic carbocycles. The quantitative estimate of drug-likeness (QED) is 0.694. The van der Waals surface area contributed by atoms with Crippen LogP contribution in [-0.4, -0.2) is 44.3 Å². The minimum Gasteiger partial charge on any atom is -0.299 e. The number of hydrogen-bond acceptors (Lipinski definition) is 5. The van der Waals surface area contributed by atoms with E-state index in [9.17, 15) is 0 Å². The van der Waals surface area contributed by atoms with E-state index in [2.05, 4.69) is 53.2 Å². The number of fused-ring (bicyclic) bond motifs is 1. The first-order chi connectivity index (χ1) is 12.2. The van der Waals surface area contributed by atoms with Gasteiger partial charge in [0, 0.05) is 18.7 Å². The Morgan fingerprint density at radius 2 is 2.16 bits per heavy atom. The van der Waals surface area contributed by atoms with E-state index in [4.69, 9.17) is 5.10 Å². The number of nitrogens with zero attached hydrogens (tertiary/aromatic N) is 5. The van der Waals surface area contributed by atoms with Crippen LogP contribution < -0.4 is 0 Å². The summed E-state index contributed by atoms with van der Waals surface area (Å²) in [6.45, 7) is 7.68. The molecule has 3 heterocycles. The van der Waals surface area contributed by atoms with Crippen LogP contribution in [0.5, 0.6) is 0 Å². The second kappa shape index (κ2) is 7.06. The Bertz CT molecular complexity index is 908. The van der Waals surface area contributed by atoms with Gasteiger partial charge in [-0.15, -0.1) is 10.2 Å². The van der Waals surface area contributed by atoms with Gasteiger partial charge in [-0.3, -0.25) is 4.90 Å². The lowest BCUT2D eigenvalue weighted by molar-refractivity contribution is 0.297. The third kappa shape index (κ3) is 3.37. The zero-order valence-electron chi connectivity index (χ0n) is 14.8. The van der Waals surface area contributed by atoms with Crippen molar-refractivity contribution in [2.45, 2.75) is 33.1 Å². The highest BCUT2D eigenvalue weighted by Crippen LogP contribution is 2.29. The third-order valence-electron chi connectivity index (χ3n) is 4.66. The fraction of sp³-hybridized carbons (Fsp3) is 0.421. The summed E-state index contributed by atoms with van der Waals surface area (Å²) >= 11 is 1.63. The summed E-state index contributed by atoms with van der Waals surface area (Å²) in [6, 6.07) is 8.33. The summed E-state index contributed by atoms with van der Waals surface area (Å²) in [6.07, 6.45) is 5.93. The monoisotopic (exact) mass is 353 g/mol. The van der Waals surface area contributed by atoms with Crippen molar-refractivity contribution in [3.05, 3.63) is 40.9 Å². The molecule has 0 N–H and O–H groups in total. The van der Waals surface area contributed by atoms with Crippen molar-refractivity contribution in [1.82, 2.24) is 24.7 Å². The molecule has 0 fully saturated rings. The minimum absolute atomic E-state index is 0.821. The lowest BCUT2D eigenvalue weighted by Gasteiger charge is -2.25. The summed E-state index contributed by atoms with van der Waals surface area (Å²) in [7, 11) is 0. The molecule has 1 aliphatic rings. The predicted molar refractivity (Wildman–Crippen MR) is 103 cm³/mol. The average molecular weight is 353 g/mol. The van der Waals surface area contributed by atoms with E-state index in [1.165, 1.54) is 30.5 Å². The molecule has 4 rings (SSSR count). The van der Waals surface area contributed by atoms with Gasteiger partial charge in [-0.25, -0.2) is 0 Å². The van der Waals surface area contributed by atoms with Crippen molar-refractivity contribution >= 4 is 21.9 Å². The van der Waals surface area contributed by atoms with Gasteiger partial charge in [0.25, 0.3) is 0 Å².